The van der Waals surface area contributed by atoms with E-state index in [0.717, 1.165) is 31.7 Å². The molecule has 4 heterocycles. The first-order chi connectivity index (χ1) is 13.3. The van der Waals surface area contributed by atoms with Gasteiger partial charge in [-0.05, 0) is 61.7 Å². The van der Waals surface area contributed by atoms with Crippen molar-refractivity contribution in [3.8, 4) is 0 Å². The topological polar surface area (TPSA) is 66.8 Å². The Labute approximate surface area is 157 Å². The summed E-state index contributed by atoms with van der Waals surface area (Å²) in [5.74, 6) is 1.69. The van der Waals surface area contributed by atoms with Crippen LogP contribution >= 0.6 is 0 Å². The zero-order chi connectivity index (χ0) is 18.5. The summed E-state index contributed by atoms with van der Waals surface area (Å²) in [5.41, 5.74) is 1.79. The maximum atomic E-state index is 13.8. The largest absolute Gasteiger partial charge is 0.324 e. The molecule has 6 nitrogen and oxygen atoms in total. The predicted octanol–water partition coefficient (Wildman–Crippen LogP) is 3.53. The number of rotatable bonds is 5. The Morgan fingerprint density at radius 2 is 1.85 bits per heavy atom. The minimum atomic E-state index is -0.228. The molecule has 3 aromatic heterocycles. The van der Waals surface area contributed by atoms with Crippen LogP contribution in [0.15, 0.2) is 55.2 Å². The van der Waals surface area contributed by atoms with E-state index in [-0.39, 0.29) is 5.82 Å². The lowest BCUT2D eigenvalue weighted by molar-refractivity contribution is 0.200. The molecule has 0 amide bonds. The van der Waals surface area contributed by atoms with E-state index >= 15 is 0 Å². The molecule has 0 bridgehead atoms. The third-order valence-electron chi connectivity index (χ3n) is 4.87. The third-order valence-corrected chi connectivity index (χ3v) is 4.87. The van der Waals surface area contributed by atoms with Crippen LogP contribution in [0.4, 0.5) is 16.0 Å². The van der Waals surface area contributed by atoms with Gasteiger partial charge in [-0.2, -0.15) is 0 Å². The van der Waals surface area contributed by atoms with E-state index in [0.29, 0.717) is 24.0 Å². The van der Waals surface area contributed by atoms with Crippen LogP contribution in [-0.2, 0) is 6.54 Å². The number of anilines is 2. The van der Waals surface area contributed by atoms with Gasteiger partial charge in [0.1, 0.15) is 17.5 Å². The van der Waals surface area contributed by atoms with Crippen molar-refractivity contribution < 1.29 is 4.39 Å². The molecule has 138 valence electrons. The van der Waals surface area contributed by atoms with Crippen LogP contribution in [0.5, 0.6) is 0 Å². The third kappa shape index (κ3) is 4.43. The van der Waals surface area contributed by atoms with Crippen LogP contribution in [0.25, 0.3) is 0 Å². The fourth-order valence-corrected chi connectivity index (χ4v) is 3.43. The average Bonchev–Trinajstić information content (AvgIpc) is 2.71. The van der Waals surface area contributed by atoms with Gasteiger partial charge < -0.3 is 5.32 Å². The predicted molar refractivity (Wildman–Crippen MR) is 101 cm³/mol. The van der Waals surface area contributed by atoms with Gasteiger partial charge >= 0.3 is 0 Å². The smallest absolute Gasteiger partial charge is 0.150 e. The highest BCUT2D eigenvalue weighted by Gasteiger charge is 2.22. The molecule has 0 spiro atoms. The van der Waals surface area contributed by atoms with Gasteiger partial charge in [0.25, 0.3) is 0 Å². The first kappa shape index (κ1) is 17.5. The first-order valence-electron chi connectivity index (χ1n) is 9.08. The molecule has 0 atom stereocenters. The molecule has 7 heteroatoms. The second-order valence-electron chi connectivity index (χ2n) is 6.67. The van der Waals surface area contributed by atoms with E-state index < -0.39 is 0 Å². The lowest BCUT2D eigenvalue weighted by Gasteiger charge is -2.32. The molecule has 3 aromatic rings. The Morgan fingerprint density at radius 1 is 1.00 bits per heavy atom. The molecule has 1 aliphatic rings. The van der Waals surface area contributed by atoms with Gasteiger partial charge in [0, 0.05) is 31.3 Å². The van der Waals surface area contributed by atoms with E-state index in [1.54, 1.807) is 30.9 Å². The molecule has 0 saturated carbocycles. The highest BCUT2D eigenvalue weighted by molar-refractivity contribution is 5.51. The fourth-order valence-electron chi connectivity index (χ4n) is 3.43. The van der Waals surface area contributed by atoms with Crippen LogP contribution < -0.4 is 5.32 Å². The SMILES string of the molecule is Fc1cccnc1CN1CCC(c2ccnc(Nc3cnccn3)c2)CC1. The van der Waals surface area contributed by atoms with Crippen molar-refractivity contribution in [3.63, 3.8) is 0 Å². The van der Waals surface area contributed by atoms with Crippen molar-refractivity contribution in [3.05, 3.63) is 72.3 Å². The summed E-state index contributed by atoms with van der Waals surface area (Å²) in [6, 6.07) is 7.24. The van der Waals surface area contributed by atoms with E-state index in [9.17, 15) is 4.39 Å². The summed E-state index contributed by atoms with van der Waals surface area (Å²) in [6.07, 6.45) is 10.5. The molecule has 0 aliphatic carbocycles. The van der Waals surface area contributed by atoms with Gasteiger partial charge in [-0.3, -0.25) is 14.9 Å². The van der Waals surface area contributed by atoms with E-state index in [1.807, 2.05) is 6.20 Å². The standard InChI is InChI=1S/C20H21FN6/c21-17-2-1-6-23-18(17)14-27-10-4-15(5-11-27)16-3-7-24-19(12-16)26-20-13-22-8-9-25-20/h1-3,6-9,12-13,15H,4-5,10-11,14H2,(H,24,25,26). The van der Waals surface area contributed by atoms with E-state index in [2.05, 4.69) is 42.3 Å². The van der Waals surface area contributed by atoms with Crippen molar-refractivity contribution in [2.75, 3.05) is 18.4 Å². The minimum absolute atomic E-state index is 0.228. The van der Waals surface area contributed by atoms with Crippen molar-refractivity contribution in [2.24, 2.45) is 0 Å². The second-order valence-corrected chi connectivity index (χ2v) is 6.67. The minimum Gasteiger partial charge on any atom is -0.324 e. The lowest BCUT2D eigenvalue weighted by Crippen LogP contribution is -2.33. The number of hydrogen-bond donors (Lipinski definition) is 1. The van der Waals surface area contributed by atoms with Gasteiger partial charge in [0.2, 0.25) is 0 Å². The van der Waals surface area contributed by atoms with Crippen molar-refractivity contribution in [1.82, 2.24) is 24.8 Å². The molecular weight excluding hydrogens is 343 g/mol. The van der Waals surface area contributed by atoms with Gasteiger partial charge in [-0.15, -0.1) is 0 Å². The van der Waals surface area contributed by atoms with Crippen molar-refractivity contribution in [2.45, 2.75) is 25.3 Å². The molecule has 0 unspecified atom stereocenters. The van der Waals surface area contributed by atoms with Gasteiger partial charge in [-0.25, -0.2) is 14.4 Å². The molecule has 1 saturated heterocycles. The normalized spacial score (nSPS) is 15.6. The number of pyridine rings is 2. The summed E-state index contributed by atoms with van der Waals surface area (Å²) in [4.78, 5) is 19.1. The number of halogens is 1. The highest BCUT2D eigenvalue weighted by Crippen LogP contribution is 2.30. The number of nitrogens with zero attached hydrogens (tertiary/aromatic N) is 5. The maximum Gasteiger partial charge on any atom is 0.150 e. The Kier molecular flexibility index (Phi) is 5.29. The van der Waals surface area contributed by atoms with Crippen LogP contribution in [0.1, 0.15) is 30.0 Å². The zero-order valence-electron chi connectivity index (χ0n) is 14.9. The second kappa shape index (κ2) is 8.18. The molecule has 27 heavy (non-hydrogen) atoms. The quantitative estimate of drug-likeness (QED) is 0.747. The number of piperidine rings is 1. The van der Waals surface area contributed by atoms with Crippen molar-refractivity contribution >= 4 is 11.6 Å². The molecule has 0 radical (unpaired) electrons. The summed E-state index contributed by atoms with van der Waals surface area (Å²) >= 11 is 0. The fraction of sp³-hybridized carbons (Fsp3) is 0.300. The summed E-state index contributed by atoms with van der Waals surface area (Å²) < 4.78 is 13.8. The maximum absolute atomic E-state index is 13.8. The van der Waals surface area contributed by atoms with Crippen LogP contribution in [0.3, 0.4) is 0 Å². The van der Waals surface area contributed by atoms with Gasteiger partial charge in [0.15, 0.2) is 0 Å². The zero-order valence-corrected chi connectivity index (χ0v) is 14.9. The molecule has 1 aliphatic heterocycles. The molecule has 1 fully saturated rings. The number of aromatic nitrogens is 4. The van der Waals surface area contributed by atoms with Gasteiger partial charge in [-0.1, -0.05) is 0 Å². The Hall–Kier alpha value is -2.93. The highest BCUT2D eigenvalue weighted by atomic mass is 19.1. The van der Waals surface area contributed by atoms with Crippen LogP contribution in [-0.4, -0.2) is 37.9 Å². The monoisotopic (exact) mass is 364 g/mol. The average molecular weight is 364 g/mol. The Balaban J connectivity index is 1.37. The summed E-state index contributed by atoms with van der Waals surface area (Å²) in [6.45, 7) is 2.42. The molecule has 1 N–H and O–H groups in total. The summed E-state index contributed by atoms with van der Waals surface area (Å²) in [5, 5.41) is 3.19. The molecular formula is C20H21FN6. The molecule has 0 aromatic carbocycles. The number of hydrogen-bond acceptors (Lipinski definition) is 6. The van der Waals surface area contributed by atoms with Gasteiger partial charge in [0.05, 0.1) is 11.9 Å². The summed E-state index contributed by atoms with van der Waals surface area (Å²) in [7, 11) is 0. The molecule has 4 rings (SSSR count). The Morgan fingerprint density at radius 3 is 2.63 bits per heavy atom. The Bertz CT molecular complexity index is 880. The van der Waals surface area contributed by atoms with Crippen LogP contribution in [0.2, 0.25) is 0 Å². The van der Waals surface area contributed by atoms with Crippen LogP contribution in [0, 0.1) is 5.82 Å². The number of nitrogens with one attached hydrogen (secondary N) is 1. The number of likely N-dealkylation sites (tertiary alicyclic amines) is 1. The lowest BCUT2D eigenvalue weighted by atomic mass is 9.90. The first-order valence-corrected chi connectivity index (χ1v) is 9.08. The van der Waals surface area contributed by atoms with Crippen molar-refractivity contribution in [1.29, 1.82) is 0 Å². The van der Waals surface area contributed by atoms with E-state index in [4.69, 9.17) is 0 Å². The van der Waals surface area contributed by atoms with E-state index in [1.165, 1.54) is 11.6 Å².